The van der Waals surface area contributed by atoms with Crippen molar-refractivity contribution < 1.29 is 4.74 Å². The Balaban J connectivity index is 2.29. The van der Waals surface area contributed by atoms with Gasteiger partial charge in [-0.15, -0.1) is 0 Å². The smallest absolute Gasteiger partial charge is 0.115 e. The molecule has 2 N–H and O–H groups in total. The summed E-state index contributed by atoms with van der Waals surface area (Å²) in [5.41, 5.74) is 7.59. The molecule has 0 saturated heterocycles. The van der Waals surface area contributed by atoms with Gasteiger partial charge in [-0.3, -0.25) is 4.68 Å². The molecule has 2 rings (SSSR count). The monoisotopic (exact) mass is 267 g/mol. The molecular formula is C11H14ClN5O. The molecule has 2 aromatic heterocycles. The van der Waals surface area contributed by atoms with Gasteiger partial charge in [0.2, 0.25) is 0 Å². The van der Waals surface area contributed by atoms with Gasteiger partial charge < -0.3 is 10.5 Å². The second-order valence-electron chi connectivity index (χ2n) is 3.71. The standard InChI is InChI=1S/C11H14ClN5O/c1-18-5-4-17-11(8(12)6-16-17)10(13)9-2-3-14-7-15-9/h2-3,6-7,10H,4-5,13H2,1H3. The quantitative estimate of drug-likeness (QED) is 0.875. The Morgan fingerprint density at radius 1 is 1.56 bits per heavy atom. The van der Waals surface area contributed by atoms with E-state index in [4.69, 9.17) is 22.1 Å². The molecule has 0 aliphatic heterocycles. The average Bonchev–Trinajstić information content (AvgIpc) is 2.77. The Hall–Kier alpha value is -1.50. The number of hydrogen-bond donors (Lipinski definition) is 1. The van der Waals surface area contributed by atoms with Crippen LogP contribution in [0.2, 0.25) is 5.02 Å². The lowest BCUT2D eigenvalue weighted by Gasteiger charge is -2.14. The van der Waals surface area contributed by atoms with E-state index in [-0.39, 0.29) is 0 Å². The zero-order chi connectivity index (χ0) is 13.0. The van der Waals surface area contributed by atoms with Crippen molar-refractivity contribution in [3.8, 4) is 0 Å². The van der Waals surface area contributed by atoms with Crippen molar-refractivity contribution in [3.63, 3.8) is 0 Å². The molecule has 2 aromatic rings. The Morgan fingerprint density at radius 3 is 3.06 bits per heavy atom. The summed E-state index contributed by atoms with van der Waals surface area (Å²) in [6.45, 7) is 1.14. The minimum atomic E-state index is -0.431. The first-order chi connectivity index (χ1) is 8.74. The van der Waals surface area contributed by atoms with Gasteiger partial charge in [-0.2, -0.15) is 5.10 Å². The second-order valence-corrected chi connectivity index (χ2v) is 4.11. The van der Waals surface area contributed by atoms with Crippen LogP contribution in [-0.2, 0) is 11.3 Å². The van der Waals surface area contributed by atoms with E-state index < -0.39 is 6.04 Å². The summed E-state index contributed by atoms with van der Waals surface area (Å²) in [5.74, 6) is 0. The van der Waals surface area contributed by atoms with Crippen LogP contribution in [-0.4, -0.2) is 33.5 Å². The zero-order valence-electron chi connectivity index (χ0n) is 9.95. The highest BCUT2D eigenvalue weighted by Gasteiger charge is 2.19. The number of hydrogen-bond acceptors (Lipinski definition) is 5. The Bertz CT molecular complexity index is 501. The van der Waals surface area contributed by atoms with E-state index in [1.165, 1.54) is 6.33 Å². The van der Waals surface area contributed by atoms with Gasteiger partial charge in [0.15, 0.2) is 0 Å². The number of halogens is 1. The number of nitrogens with two attached hydrogens (primary N) is 1. The highest BCUT2D eigenvalue weighted by molar-refractivity contribution is 6.31. The van der Waals surface area contributed by atoms with Crippen LogP contribution >= 0.6 is 11.6 Å². The van der Waals surface area contributed by atoms with Crippen molar-refractivity contribution in [3.05, 3.63) is 41.2 Å². The van der Waals surface area contributed by atoms with E-state index in [9.17, 15) is 0 Å². The maximum atomic E-state index is 6.16. The molecule has 0 aliphatic carbocycles. The molecule has 96 valence electrons. The van der Waals surface area contributed by atoms with E-state index in [1.807, 2.05) is 0 Å². The third-order valence-corrected chi connectivity index (χ3v) is 2.85. The van der Waals surface area contributed by atoms with Crippen LogP contribution in [0.1, 0.15) is 17.4 Å². The Morgan fingerprint density at radius 2 is 2.39 bits per heavy atom. The summed E-state index contributed by atoms with van der Waals surface area (Å²) < 4.78 is 6.76. The first-order valence-corrected chi connectivity index (χ1v) is 5.83. The predicted molar refractivity (Wildman–Crippen MR) is 67.2 cm³/mol. The van der Waals surface area contributed by atoms with Crippen molar-refractivity contribution in [2.24, 2.45) is 5.73 Å². The van der Waals surface area contributed by atoms with E-state index in [1.54, 1.807) is 30.3 Å². The molecule has 18 heavy (non-hydrogen) atoms. The summed E-state index contributed by atoms with van der Waals surface area (Å²) >= 11 is 6.12. The van der Waals surface area contributed by atoms with E-state index >= 15 is 0 Å². The normalized spacial score (nSPS) is 12.6. The van der Waals surface area contributed by atoms with Gasteiger partial charge in [0.25, 0.3) is 0 Å². The Kier molecular flexibility index (Phi) is 4.24. The van der Waals surface area contributed by atoms with Crippen LogP contribution in [0.4, 0.5) is 0 Å². The maximum absolute atomic E-state index is 6.16. The van der Waals surface area contributed by atoms with Crippen LogP contribution in [0.25, 0.3) is 0 Å². The molecule has 0 bridgehead atoms. The van der Waals surface area contributed by atoms with Crippen molar-refractivity contribution in [1.82, 2.24) is 19.7 Å². The molecule has 0 spiro atoms. The van der Waals surface area contributed by atoms with Crippen LogP contribution in [0.15, 0.2) is 24.8 Å². The fourth-order valence-corrected chi connectivity index (χ4v) is 1.92. The first-order valence-electron chi connectivity index (χ1n) is 5.45. The third kappa shape index (κ3) is 2.66. The number of ether oxygens (including phenoxy) is 1. The highest BCUT2D eigenvalue weighted by atomic mass is 35.5. The van der Waals surface area contributed by atoms with Gasteiger partial charge in [-0.1, -0.05) is 11.6 Å². The van der Waals surface area contributed by atoms with Crippen LogP contribution in [0, 0.1) is 0 Å². The minimum Gasteiger partial charge on any atom is -0.383 e. The first kappa shape index (κ1) is 12.9. The average molecular weight is 268 g/mol. The van der Waals surface area contributed by atoms with Crippen LogP contribution < -0.4 is 5.73 Å². The molecule has 2 heterocycles. The molecule has 0 fully saturated rings. The molecule has 0 amide bonds. The molecule has 1 atom stereocenters. The van der Waals surface area contributed by atoms with Gasteiger partial charge in [-0.25, -0.2) is 9.97 Å². The van der Waals surface area contributed by atoms with Crippen molar-refractivity contribution in [1.29, 1.82) is 0 Å². The molecule has 0 radical (unpaired) electrons. The fourth-order valence-electron chi connectivity index (χ4n) is 1.66. The number of rotatable bonds is 5. The van der Waals surface area contributed by atoms with E-state index in [0.29, 0.717) is 23.9 Å². The largest absolute Gasteiger partial charge is 0.383 e. The van der Waals surface area contributed by atoms with Crippen LogP contribution in [0.5, 0.6) is 0 Å². The number of nitrogens with zero attached hydrogens (tertiary/aromatic N) is 4. The van der Waals surface area contributed by atoms with Gasteiger partial charge in [0.1, 0.15) is 6.33 Å². The summed E-state index contributed by atoms with van der Waals surface area (Å²) in [4.78, 5) is 7.99. The maximum Gasteiger partial charge on any atom is 0.115 e. The SMILES string of the molecule is COCCn1ncc(Cl)c1C(N)c1ccncn1. The van der Waals surface area contributed by atoms with Gasteiger partial charge in [0.05, 0.1) is 41.8 Å². The lowest BCUT2D eigenvalue weighted by Crippen LogP contribution is -2.20. The van der Waals surface area contributed by atoms with Gasteiger partial charge >= 0.3 is 0 Å². The molecule has 1 unspecified atom stereocenters. The van der Waals surface area contributed by atoms with Crippen molar-refractivity contribution in [2.75, 3.05) is 13.7 Å². The lowest BCUT2D eigenvalue weighted by molar-refractivity contribution is 0.182. The second kappa shape index (κ2) is 5.90. The molecule has 0 aromatic carbocycles. The van der Waals surface area contributed by atoms with Gasteiger partial charge in [0, 0.05) is 13.3 Å². The third-order valence-electron chi connectivity index (χ3n) is 2.56. The zero-order valence-corrected chi connectivity index (χ0v) is 10.7. The molecule has 6 nitrogen and oxygen atoms in total. The lowest BCUT2D eigenvalue weighted by atomic mass is 10.1. The minimum absolute atomic E-state index is 0.431. The summed E-state index contributed by atoms with van der Waals surface area (Å²) in [7, 11) is 1.63. The Labute approximate surface area is 110 Å². The predicted octanol–water partition coefficient (Wildman–Crippen LogP) is 1.02. The topological polar surface area (TPSA) is 78.9 Å². The van der Waals surface area contributed by atoms with E-state index in [2.05, 4.69) is 15.1 Å². The molecule has 0 saturated carbocycles. The summed E-state index contributed by atoms with van der Waals surface area (Å²) in [6, 6.07) is 1.33. The fraction of sp³-hybridized carbons (Fsp3) is 0.364. The van der Waals surface area contributed by atoms with Crippen LogP contribution in [0.3, 0.4) is 0 Å². The van der Waals surface area contributed by atoms with Crippen molar-refractivity contribution in [2.45, 2.75) is 12.6 Å². The molecule has 0 aliphatic rings. The highest BCUT2D eigenvalue weighted by Crippen LogP contribution is 2.24. The number of methoxy groups -OCH3 is 1. The summed E-state index contributed by atoms with van der Waals surface area (Å²) in [6.07, 6.45) is 4.68. The van der Waals surface area contributed by atoms with Crippen molar-refractivity contribution >= 4 is 11.6 Å². The molecule has 7 heteroatoms. The summed E-state index contributed by atoms with van der Waals surface area (Å²) in [5, 5.41) is 4.71. The number of aromatic nitrogens is 4. The van der Waals surface area contributed by atoms with E-state index in [0.717, 1.165) is 5.69 Å². The molecular weight excluding hydrogens is 254 g/mol. The van der Waals surface area contributed by atoms with Gasteiger partial charge in [-0.05, 0) is 6.07 Å².